The molecule has 16 heteroatoms. The summed E-state index contributed by atoms with van der Waals surface area (Å²) in [5.74, 6) is -4.60. The van der Waals surface area contributed by atoms with Crippen molar-refractivity contribution in [2.24, 2.45) is 13.0 Å². The Kier molecular flexibility index (Phi) is 11.2. The Bertz CT molecular complexity index is 865. The van der Waals surface area contributed by atoms with E-state index < -0.39 is 24.3 Å². The molecule has 1 amide bonds. The van der Waals surface area contributed by atoms with E-state index >= 15 is 0 Å². The molecule has 1 aromatic heterocycles. The van der Waals surface area contributed by atoms with Crippen molar-refractivity contribution in [3.63, 3.8) is 0 Å². The van der Waals surface area contributed by atoms with Gasteiger partial charge in [-0.3, -0.25) is 19.3 Å². The Balaban J connectivity index is 0.000000383. The fourth-order valence-corrected chi connectivity index (χ4v) is 3.81. The second-order valence-electron chi connectivity index (χ2n) is 8.55. The Labute approximate surface area is 203 Å². The molecule has 1 aromatic rings. The lowest BCUT2D eigenvalue weighted by Crippen LogP contribution is -2.44. The summed E-state index contributed by atoms with van der Waals surface area (Å²) in [6, 6.07) is 0.587. The third-order valence-corrected chi connectivity index (χ3v) is 5.46. The van der Waals surface area contributed by atoms with Gasteiger partial charge < -0.3 is 15.1 Å². The van der Waals surface area contributed by atoms with Gasteiger partial charge in [-0.2, -0.15) is 31.4 Å². The van der Waals surface area contributed by atoms with E-state index in [4.69, 9.17) is 19.8 Å². The number of likely N-dealkylation sites (tertiary alicyclic amines) is 2. The van der Waals surface area contributed by atoms with E-state index in [0.29, 0.717) is 18.5 Å². The zero-order valence-electron chi connectivity index (χ0n) is 19.9. The summed E-state index contributed by atoms with van der Waals surface area (Å²) < 4.78 is 65.3. The molecule has 3 heterocycles. The van der Waals surface area contributed by atoms with Gasteiger partial charge in [0.15, 0.2) is 0 Å². The maximum absolute atomic E-state index is 11.9. The van der Waals surface area contributed by atoms with E-state index in [2.05, 4.69) is 21.1 Å². The van der Waals surface area contributed by atoms with Crippen molar-refractivity contribution in [1.29, 1.82) is 0 Å². The maximum Gasteiger partial charge on any atom is 0.490 e. The second-order valence-corrected chi connectivity index (χ2v) is 8.55. The van der Waals surface area contributed by atoms with Gasteiger partial charge in [0.1, 0.15) is 0 Å². The van der Waals surface area contributed by atoms with Crippen LogP contribution in [0.15, 0.2) is 12.4 Å². The number of hydrogen-bond donors (Lipinski definition) is 2. The van der Waals surface area contributed by atoms with Gasteiger partial charge in [-0.15, -0.1) is 0 Å². The molecule has 0 radical (unpaired) electrons. The average molecular weight is 533 g/mol. The minimum Gasteiger partial charge on any atom is -0.475 e. The van der Waals surface area contributed by atoms with Crippen LogP contribution in [-0.4, -0.2) is 111 Å². The first kappa shape index (κ1) is 31.2. The third kappa shape index (κ3) is 10.4. The standard InChI is InChI=1S/C16H27N5O.2C2HF3O2/c1-18(2)16(22)12-20-10-14-5-4-6-21(15(14)11-20)9-13-7-17-19(3)8-13;2*3-2(4,5)1(6)7/h7-8,14-15H,4-6,9-12H2,1-3H3;2*(H,6,7)/t14-,15+;;/m1../s1. The number of carboxylic acids is 2. The number of piperidine rings is 1. The van der Waals surface area contributed by atoms with Crippen LogP contribution < -0.4 is 0 Å². The minimum atomic E-state index is -5.08. The fourth-order valence-electron chi connectivity index (χ4n) is 3.81. The first-order valence-electron chi connectivity index (χ1n) is 10.7. The number of carboxylic acid groups (broad SMARTS) is 2. The monoisotopic (exact) mass is 533 g/mol. The molecule has 0 aliphatic carbocycles. The van der Waals surface area contributed by atoms with Crippen LogP contribution in [0.2, 0.25) is 0 Å². The van der Waals surface area contributed by atoms with Crippen LogP contribution in [0.1, 0.15) is 18.4 Å². The first-order valence-corrected chi connectivity index (χ1v) is 10.7. The molecule has 2 atom stereocenters. The SMILES string of the molecule is CN(C)C(=O)CN1C[C@H]2CCCN(Cc3cnn(C)c3)[C@H]2C1.O=C(O)C(F)(F)F.O=C(O)C(F)(F)F. The van der Waals surface area contributed by atoms with Gasteiger partial charge >= 0.3 is 24.3 Å². The lowest BCUT2D eigenvalue weighted by molar-refractivity contribution is -0.193. The number of aliphatic carboxylic acids is 2. The van der Waals surface area contributed by atoms with Gasteiger partial charge in [0.05, 0.1) is 12.7 Å². The number of rotatable bonds is 4. The van der Waals surface area contributed by atoms with E-state index in [-0.39, 0.29) is 5.91 Å². The predicted octanol–water partition coefficient (Wildman–Crippen LogP) is 1.67. The number of aryl methyl sites for hydroxylation is 1. The topological polar surface area (TPSA) is 119 Å². The third-order valence-electron chi connectivity index (χ3n) is 5.46. The molecule has 2 aliphatic rings. The number of halogens is 6. The lowest BCUT2D eigenvalue weighted by atomic mass is 9.92. The molecule has 2 fully saturated rings. The van der Waals surface area contributed by atoms with Crippen LogP contribution in [0.4, 0.5) is 26.3 Å². The van der Waals surface area contributed by atoms with E-state index in [9.17, 15) is 31.1 Å². The Morgan fingerprint density at radius 2 is 1.58 bits per heavy atom. The molecule has 2 aliphatic heterocycles. The molecule has 0 aromatic carbocycles. The van der Waals surface area contributed by atoms with Gasteiger partial charge in [-0.1, -0.05) is 0 Å². The number of nitrogens with zero attached hydrogens (tertiary/aromatic N) is 5. The molecular formula is C20H29F6N5O5. The van der Waals surface area contributed by atoms with E-state index in [0.717, 1.165) is 26.2 Å². The summed E-state index contributed by atoms with van der Waals surface area (Å²) >= 11 is 0. The Morgan fingerprint density at radius 1 is 1.06 bits per heavy atom. The second kappa shape index (κ2) is 12.9. The number of amides is 1. The highest BCUT2D eigenvalue weighted by molar-refractivity contribution is 5.77. The van der Waals surface area contributed by atoms with Crippen LogP contribution in [0.25, 0.3) is 0 Å². The first-order chi connectivity index (χ1) is 16.4. The average Bonchev–Trinajstić information content (AvgIpc) is 3.33. The molecule has 2 N–H and O–H groups in total. The van der Waals surface area contributed by atoms with Crippen LogP contribution in [0, 0.1) is 5.92 Å². The van der Waals surface area contributed by atoms with Crippen LogP contribution in [0.5, 0.6) is 0 Å². The number of carbonyl (C=O) groups excluding carboxylic acids is 1. The molecule has 206 valence electrons. The van der Waals surface area contributed by atoms with Crippen molar-refractivity contribution in [3.05, 3.63) is 18.0 Å². The number of fused-ring (bicyclic) bond motifs is 1. The van der Waals surface area contributed by atoms with Crippen molar-refractivity contribution < 1.29 is 50.9 Å². The predicted molar refractivity (Wildman–Crippen MR) is 113 cm³/mol. The van der Waals surface area contributed by atoms with Gasteiger partial charge in [-0.05, 0) is 25.3 Å². The van der Waals surface area contributed by atoms with Crippen molar-refractivity contribution in [2.75, 3.05) is 40.3 Å². The van der Waals surface area contributed by atoms with Crippen LogP contribution >= 0.6 is 0 Å². The van der Waals surface area contributed by atoms with Crippen molar-refractivity contribution in [3.8, 4) is 0 Å². The molecule has 0 unspecified atom stereocenters. The Morgan fingerprint density at radius 3 is 2.00 bits per heavy atom. The number of carbonyl (C=O) groups is 3. The Hall–Kier alpha value is -2.88. The maximum atomic E-state index is 11.9. The molecule has 0 bridgehead atoms. The summed E-state index contributed by atoms with van der Waals surface area (Å²) in [7, 11) is 5.63. The molecule has 3 rings (SSSR count). The molecule has 0 spiro atoms. The summed E-state index contributed by atoms with van der Waals surface area (Å²) in [4.78, 5) is 36.3. The van der Waals surface area contributed by atoms with Gasteiger partial charge in [0.2, 0.25) is 5.91 Å². The summed E-state index contributed by atoms with van der Waals surface area (Å²) in [6.45, 7) is 4.77. The fraction of sp³-hybridized carbons (Fsp3) is 0.700. The van der Waals surface area contributed by atoms with E-state index in [1.807, 2.05) is 32.0 Å². The van der Waals surface area contributed by atoms with E-state index in [1.54, 1.807) is 4.90 Å². The highest BCUT2D eigenvalue weighted by atomic mass is 19.4. The molecule has 36 heavy (non-hydrogen) atoms. The van der Waals surface area contributed by atoms with Crippen molar-refractivity contribution in [2.45, 2.75) is 37.8 Å². The van der Waals surface area contributed by atoms with Crippen molar-refractivity contribution >= 4 is 17.8 Å². The highest BCUT2D eigenvalue weighted by Gasteiger charge is 2.40. The molecule has 10 nitrogen and oxygen atoms in total. The minimum absolute atomic E-state index is 0.206. The van der Waals surface area contributed by atoms with Gasteiger partial charge in [0, 0.05) is 58.6 Å². The number of alkyl halides is 6. The van der Waals surface area contributed by atoms with Crippen LogP contribution in [0.3, 0.4) is 0 Å². The van der Waals surface area contributed by atoms with Crippen LogP contribution in [-0.2, 0) is 28.0 Å². The number of hydrogen-bond acceptors (Lipinski definition) is 6. The summed E-state index contributed by atoms with van der Waals surface area (Å²) in [5.41, 5.74) is 1.28. The summed E-state index contributed by atoms with van der Waals surface area (Å²) in [6.07, 6.45) is -3.55. The number of likely N-dealkylation sites (N-methyl/N-ethyl adjacent to an activating group) is 1. The molecule has 0 saturated carbocycles. The van der Waals surface area contributed by atoms with Gasteiger partial charge in [-0.25, -0.2) is 9.59 Å². The van der Waals surface area contributed by atoms with Gasteiger partial charge in [0.25, 0.3) is 0 Å². The highest BCUT2D eigenvalue weighted by Crippen LogP contribution is 2.31. The van der Waals surface area contributed by atoms with Crippen molar-refractivity contribution in [1.82, 2.24) is 24.5 Å². The summed E-state index contributed by atoms with van der Waals surface area (Å²) in [5, 5.41) is 18.5. The quantitative estimate of drug-likeness (QED) is 0.562. The normalized spacial score (nSPS) is 20.4. The molecule has 2 saturated heterocycles. The number of aromatic nitrogens is 2. The van der Waals surface area contributed by atoms with E-state index in [1.165, 1.54) is 18.4 Å². The zero-order chi connectivity index (χ0) is 27.8. The smallest absolute Gasteiger partial charge is 0.475 e. The zero-order valence-corrected chi connectivity index (χ0v) is 19.9. The lowest BCUT2D eigenvalue weighted by Gasteiger charge is -2.36. The largest absolute Gasteiger partial charge is 0.490 e. The molecular weight excluding hydrogens is 504 g/mol.